The molecule has 0 aromatic carbocycles. The molecule has 0 radical (unpaired) electrons. The lowest BCUT2D eigenvalue weighted by Gasteiger charge is -2.13. The van der Waals surface area contributed by atoms with Crippen LogP contribution in [0, 0.1) is 0 Å². The first-order valence-electron chi connectivity index (χ1n) is 3.71. The maximum absolute atomic E-state index is 12.4. The Morgan fingerprint density at radius 1 is 1.25 bits per heavy atom. The van der Waals surface area contributed by atoms with Gasteiger partial charge >= 0.3 is 0 Å². The second-order valence-electron chi connectivity index (χ2n) is 2.27. The standard InChI is InChI=1S/C7H13F3O2/c1-2-7(9,10)5-12-6-11-4-3-8/h2-6H2,1H3. The van der Waals surface area contributed by atoms with Gasteiger partial charge in [0.05, 0.1) is 6.61 Å². The van der Waals surface area contributed by atoms with Gasteiger partial charge in [-0.25, -0.2) is 13.2 Å². The Labute approximate surface area is 69.7 Å². The highest BCUT2D eigenvalue weighted by atomic mass is 19.3. The fourth-order valence-corrected chi connectivity index (χ4v) is 0.465. The van der Waals surface area contributed by atoms with Crippen molar-refractivity contribution in [2.24, 2.45) is 0 Å². The maximum atomic E-state index is 12.4. The van der Waals surface area contributed by atoms with E-state index in [2.05, 4.69) is 9.47 Å². The van der Waals surface area contributed by atoms with E-state index >= 15 is 0 Å². The van der Waals surface area contributed by atoms with E-state index < -0.39 is 19.2 Å². The Hall–Kier alpha value is -0.290. The number of alkyl halides is 3. The van der Waals surface area contributed by atoms with Gasteiger partial charge in [0, 0.05) is 6.42 Å². The first-order chi connectivity index (χ1) is 5.62. The van der Waals surface area contributed by atoms with Gasteiger partial charge in [-0.3, -0.25) is 0 Å². The smallest absolute Gasteiger partial charge is 0.270 e. The predicted octanol–water partition coefficient (Wildman–Crippen LogP) is 1.99. The minimum Gasteiger partial charge on any atom is -0.353 e. The number of halogens is 3. The molecule has 0 amide bonds. The van der Waals surface area contributed by atoms with Crippen LogP contribution in [0.2, 0.25) is 0 Å². The zero-order chi connectivity index (χ0) is 9.45. The van der Waals surface area contributed by atoms with Crippen LogP contribution in [0.25, 0.3) is 0 Å². The molecular weight excluding hydrogens is 173 g/mol. The molecule has 74 valence electrons. The Kier molecular flexibility index (Phi) is 6.10. The molecule has 0 aliphatic rings. The molecule has 5 heteroatoms. The van der Waals surface area contributed by atoms with Crippen molar-refractivity contribution in [3.05, 3.63) is 0 Å². The molecule has 12 heavy (non-hydrogen) atoms. The van der Waals surface area contributed by atoms with Crippen molar-refractivity contribution in [1.82, 2.24) is 0 Å². The lowest BCUT2D eigenvalue weighted by atomic mass is 10.3. The fraction of sp³-hybridized carbons (Fsp3) is 1.00. The highest BCUT2D eigenvalue weighted by molar-refractivity contribution is 4.60. The highest BCUT2D eigenvalue weighted by Crippen LogP contribution is 2.17. The van der Waals surface area contributed by atoms with E-state index in [1.54, 1.807) is 0 Å². The van der Waals surface area contributed by atoms with Gasteiger partial charge in [0.15, 0.2) is 0 Å². The van der Waals surface area contributed by atoms with Crippen molar-refractivity contribution < 1.29 is 22.6 Å². The van der Waals surface area contributed by atoms with Gasteiger partial charge in [-0.15, -0.1) is 0 Å². The van der Waals surface area contributed by atoms with Crippen LogP contribution in [0.15, 0.2) is 0 Å². The molecule has 0 heterocycles. The van der Waals surface area contributed by atoms with E-state index in [-0.39, 0.29) is 19.8 Å². The van der Waals surface area contributed by atoms with Crippen LogP contribution in [0.4, 0.5) is 13.2 Å². The third-order valence-electron chi connectivity index (χ3n) is 1.22. The third-order valence-corrected chi connectivity index (χ3v) is 1.22. The van der Waals surface area contributed by atoms with E-state index in [1.807, 2.05) is 0 Å². The van der Waals surface area contributed by atoms with Crippen LogP contribution < -0.4 is 0 Å². The van der Waals surface area contributed by atoms with Crippen molar-refractivity contribution in [3.63, 3.8) is 0 Å². The molecule has 0 atom stereocenters. The van der Waals surface area contributed by atoms with Gasteiger partial charge in [-0.1, -0.05) is 6.92 Å². The SMILES string of the molecule is CCC(F)(F)COCOCCF. The summed E-state index contributed by atoms with van der Waals surface area (Å²) in [4.78, 5) is 0. The van der Waals surface area contributed by atoms with Crippen LogP contribution in [0.5, 0.6) is 0 Å². The summed E-state index contributed by atoms with van der Waals surface area (Å²) in [5.41, 5.74) is 0. The first kappa shape index (κ1) is 11.7. The van der Waals surface area contributed by atoms with Gasteiger partial charge in [0.2, 0.25) is 0 Å². The molecule has 0 fully saturated rings. The molecule has 0 spiro atoms. The molecular formula is C7H13F3O2. The van der Waals surface area contributed by atoms with Crippen LogP contribution >= 0.6 is 0 Å². The minimum atomic E-state index is -2.81. The third kappa shape index (κ3) is 6.42. The summed E-state index contributed by atoms with van der Waals surface area (Å²) in [5, 5.41) is 0. The lowest BCUT2D eigenvalue weighted by Crippen LogP contribution is -2.23. The number of hydrogen-bond donors (Lipinski definition) is 0. The summed E-state index contributed by atoms with van der Waals surface area (Å²) >= 11 is 0. The van der Waals surface area contributed by atoms with Crippen molar-refractivity contribution in [3.8, 4) is 0 Å². The fourth-order valence-electron chi connectivity index (χ4n) is 0.465. The summed E-state index contributed by atoms with van der Waals surface area (Å²) in [6, 6.07) is 0. The topological polar surface area (TPSA) is 18.5 Å². The molecule has 0 aromatic rings. The van der Waals surface area contributed by atoms with E-state index in [1.165, 1.54) is 6.92 Å². The lowest BCUT2D eigenvalue weighted by molar-refractivity contribution is -0.132. The van der Waals surface area contributed by atoms with Gasteiger partial charge in [0.25, 0.3) is 5.92 Å². The molecule has 0 saturated carbocycles. The summed E-state index contributed by atoms with van der Waals surface area (Å²) in [5.74, 6) is -2.81. The first-order valence-corrected chi connectivity index (χ1v) is 3.71. The Bertz CT molecular complexity index is 109. The van der Waals surface area contributed by atoms with Crippen LogP contribution in [-0.2, 0) is 9.47 Å². The van der Waals surface area contributed by atoms with Gasteiger partial charge in [-0.05, 0) is 0 Å². The van der Waals surface area contributed by atoms with Crippen LogP contribution in [-0.4, -0.2) is 32.6 Å². The molecule has 0 N–H and O–H groups in total. The van der Waals surface area contributed by atoms with Crippen LogP contribution in [0.3, 0.4) is 0 Å². The summed E-state index contributed by atoms with van der Waals surface area (Å²) in [6.07, 6.45) is -0.268. The summed E-state index contributed by atoms with van der Waals surface area (Å²) in [7, 11) is 0. The predicted molar refractivity (Wildman–Crippen MR) is 38.0 cm³/mol. The molecule has 0 aromatic heterocycles. The average Bonchev–Trinajstić information content (AvgIpc) is 2.04. The zero-order valence-electron chi connectivity index (χ0n) is 6.99. The van der Waals surface area contributed by atoms with E-state index in [4.69, 9.17) is 0 Å². The Morgan fingerprint density at radius 2 is 1.92 bits per heavy atom. The molecule has 0 aliphatic heterocycles. The largest absolute Gasteiger partial charge is 0.353 e. The highest BCUT2D eigenvalue weighted by Gasteiger charge is 2.25. The van der Waals surface area contributed by atoms with Gasteiger partial charge in [-0.2, -0.15) is 0 Å². The van der Waals surface area contributed by atoms with Crippen molar-refractivity contribution >= 4 is 0 Å². The normalized spacial score (nSPS) is 12.0. The van der Waals surface area contributed by atoms with E-state index in [9.17, 15) is 13.2 Å². The van der Waals surface area contributed by atoms with Crippen molar-refractivity contribution in [1.29, 1.82) is 0 Å². The van der Waals surface area contributed by atoms with Gasteiger partial charge in [0.1, 0.15) is 20.1 Å². The number of rotatable bonds is 7. The maximum Gasteiger partial charge on any atom is 0.270 e. The van der Waals surface area contributed by atoms with Crippen molar-refractivity contribution in [2.75, 3.05) is 26.7 Å². The molecule has 2 nitrogen and oxygen atoms in total. The molecule has 0 unspecified atom stereocenters. The van der Waals surface area contributed by atoms with E-state index in [0.717, 1.165) is 0 Å². The molecule has 0 bridgehead atoms. The quantitative estimate of drug-likeness (QED) is 0.447. The van der Waals surface area contributed by atoms with Gasteiger partial charge < -0.3 is 9.47 Å². The average molecular weight is 186 g/mol. The summed E-state index contributed by atoms with van der Waals surface area (Å²) < 4.78 is 45.2. The molecule has 0 saturated heterocycles. The monoisotopic (exact) mass is 186 g/mol. The van der Waals surface area contributed by atoms with Crippen molar-refractivity contribution in [2.45, 2.75) is 19.3 Å². The second-order valence-corrected chi connectivity index (χ2v) is 2.27. The Morgan fingerprint density at radius 3 is 2.42 bits per heavy atom. The zero-order valence-corrected chi connectivity index (χ0v) is 6.99. The molecule has 0 aliphatic carbocycles. The minimum absolute atomic E-state index is 0.113. The number of ether oxygens (including phenoxy) is 2. The number of hydrogen-bond acceptors (Lipinski definition) is 2. The summed E-state index contributed by atoms with van der Waals surface area (Å²) in [6.45, 7) is -0.327. The van der Waals surface area contributed by atoms with E-state index in [0.29, 0.717) is 0 Å². The second kappa shape index (κ2) is 6.25. The molecule has 0 rings (SSSR count). The van der Waals surface area contributed by atoms with Crippen LogP contribution in [0.1, 0.15) is 13.3 Å². The Balaban J connectivity index is 3.19.